The van der Waals surface area contributed by atoms with E-state index in [4.69, 9.17) is 9.72 Å². The largest absolute Gasteiger partial charge is 0.497 e. The fourth-order valence-corrected chi connectivity index (χ4v) is 4.50. The summed E-state index contributed by atoms with van der Waals surface area (Å²) >= 11 is 0. The summed E-state index contributed by atoms with van der Waals surface area (Å²) in [5.74, 6) is 1.93. The van der Waals surface area contributed by atoms with Gasteiger partial charge in [-0.3, -0.25) is 14.5 Å². The first-order chi connectivity index (χ1) is 15.0. The normalized spacial score (nSPS) is 19.8. The predicted molar refractivity (Wildman–Crippen MR) is 119 cm³/mol. The molecule has 0 saturated carbocycles. The van der Waals surface area contributed by atoms with Crippen molar-refractivity contribution in [2.24, 2.45) is 5.92 Å². The van der Waals surface area contributed by atoms with Crippen LogP contribution in [0.25, 0.3) is 0 Å². The monoisotopic (exact) mass is 424 g/mol. The highest BCUT2D eigenvalue weighted by Gasteiger charge is 2.32. The van der Waals surface area contributed by atoms with Crippen LogP contribution in [0.3, 0.4) is 0 Å². The summed E-state index contributed by atoms with van der Waals surface area (Å²) in [6.45, 7) is 7.71. The number of fused-ring (bicyclic) bond motifs is 1. The van der Waals surface area contributed by atoms with Gasteiger partial charge in [0.15, 0.2) is 0 Å². The van der Waals surface area contributed by atoms with Gasteiger partial charge in [-0.1, -0.05) is 26.0 Å². The Kier molecular flexibility index (Phi) is 6.41. The molecule has 166 valence electrons. The lowest BCUT2D eigenvalue weighted by molar-refractivity contribution is -0.134. The second kappa shape index (κ2) is 9.22. The van der Waals surface area contributed by atoms with Gasteiger partial charge in [-0.15, -0.1) is 0 Å². The zero-order valence-corrected chi connectivity index (χ0v) is 18.7. The van der Waals surface area contributed by atoms with Crippen LogP contribution in [0, 0.1) is 5.92 Å². The van der Waals surface area contributed by atoms with E-state index in [1.165, 1.54) is 5.56 Å². The molecular formula is C24H32N4O3. The second-order valence-corrected chi connectivity index (χ2v) is 8.76. The van der Waals surface area contributed by atoms with Gasteiger partial charge in [-0.25, -0.2) is 4.98 Å². The van der Waals surface area contributed by atoms with Gasteiger partial charge in [-0.05, 0) is 37.0 Å². The number of hydrogen-bond donors (Lipinski definition) is 1. The van der Waals surface area contributed by atoms with Crippen LogP contribution in [0.15, 0.2) is 29.1 Å². The van der Waals surface area contributed by atoms with E-state index >= 15 is 0 Å². The molecule has 31 heavy (non-hydrogen) atoms. The second-order valence-electron chi connectivity index (χ2n) is 8.76. The van der Waals surface area contributed by atoms with Gasteiger partial charge in [0.2, 0.25) is 5.91 Å². The van der Waals surface area contributed by atoms with Crippen molar-refractivity contribution in [3.8, 4) is 5.75 Å². The predicted octanol–water partition coefficient (Wildman–Crippen LogP) is 2.70. The molecule has 2 aliphatic rings. The number of rotatable bonds is 6. The number of likely N-dealkylation sites (tertiary alicyclic amines) is 1. The van der Waals surface area contributed by atoms with Crippen LogP contribution in [0.4, 0.5) is 0 Å². The Hall–Kier alpha value is -2.67. The van der Waals surface area contributed by atoms with Crippen molar-refractivity contribution in [2.45, 2.75) is 52.1 Å². The number of hydrogen-bond acceptors (Lipinski definition) is 5. The standard InChI is InChI=1S/C24H32N4O3/c1-4-16(2)24(30)28-12-9-18(14-28)22-25-21-15-27(11-10-20(21)23(29)26-22)13-17-5-7-19(31-3)8-6-17/h5-8,16,18H,4,9-15H2,1-3H3,(H,25,26,29)/t16-,18-/m1/s1. The van der Waals surface area contributed by atoms with E-state index in [2.05, 4.69) is 22.0 Å². The summed E-state index contributed by atoms with van der Waals surface area (Å²) in [6, 6.07) is 8.10. The number of nitrogens with zero attached hydrogens (tertiary/aromatic N) is 3. The number of carbonyl (C=O) groups excluding carboxylic acids is 1. The average molecular weight is 425 g/mol. The molecule has 4 rings (SSSR count). The summed E-state index contributed by atoms with van der Waals surface area (Å²) in [4.78, 5) is 37.4. The van der Waals surface area contributed by atoms with Gasteiger partial charge in [0.1, 0.15) is 11.6 Å². The van der Waals surface area contributed by atoms with E-state index in [1.807, 2.05) is 30.9 Å². The average Bonchev–Trinajstić information content (AvgIpc) is 3.28. The van der Waals surface area contributed by atoms with Crippen LogP contribution >= 0.6 is 0 Å². The molecule has 1 fully saturated rings. The molecule has 1 N–H and O–H groups in total. The molecule has 1 aromatic carbocycles. The third kappa shape index (κ3) is 4.66. The topological polar surface area (TPSA) is 78.5 Å². The maximum Gasteiger partial charge on any atom is 0.254 e. The van der Waals surface area contributed by atoms with Crippen molar-refractivity contribution in [1.29, 1.82) is 0 Å². The zero-order chi connectivity index (χ0) is 22.0. The highest BCUT2D eigenvalue weighted by atomic mass is 16.5. The molecule has 7 heteroatoms. The Labute approximate surface area is 183 Å². The first-order valence-electron chi connectivity index (χ1n) is 11.2. The van der Waals surface area contributed by atoms with Crippen molar-refractivity contribution in [3.63, 3.8) is 0 Å². The quantitative estimate of drug-likeness (QED) is 0.771. The van der Waals surface area contributed by atoms with Gasteiger partial charge < -0.3 is 14.6 Å². The van der Waals surface area contributed by atoms with E-state index in [1.54, 1.807) is 7.11 Å². The lowest BCUT2D eigenvalue weighted by Gasteiger charge is -2.28. The molecule has 7 nitrogen and oxygen atoms in total. The molecule has 2 aliphatic heterocycles. The SMILES string of the molecule is CC[C@@H](C)C(=O)N1CC[C@@H](c2nc3c(c(=O)[nH]2)CCN(Cc2ccc(OC)cc2)C3)C1. The Morgan fingerprint density at radius 2 is 2.06 bits per heavy atom. The van der Waals surface area contributed by atoms with Crippen molar-refractivity contribution < 1.29 is 9.53 Å². The number of amides is 1. The number of ether oxygens (including phenoxy) is 1. The Balaban J connectivity index is 1.46. The Bertz CT molecular complexity index is 985. The number of methoxy groups -OCH3 is 1. The summed E-state index contributed by atoms with van der Waals surface area (Å²) in [5.41, 5.74) is 2.88. The van der Waals surface area contributed by atoms with E-state index in [9.17, 15) is 9.59 Å². The van der Waals surface area contributed by atoms with E-state index < -0.39 is 0 Å². The maximum atomic E-state index is 12.7. The number of benzene rings is 1. The molecular weight excluding hydrogens is 392 g/mol. The fourth-order valence-electron chi connectivity index (χ4n) is 4.50. The lowest BCUT2D eigenvalue weighted by atomic mass is 10.0. The zero-order valence-electron chi connectivity index (χ0n) is 18.7. The molecule has 3 heterocycles. The number of aromatic nitrogens is 2. The lowest BCUT2D eigenvalue weighted by Crippen LogP contribution is -2.36. The Morgan fingerprint density at radius 3 is 2.77 bits per heavy atom. The molecule has 1 aromatic heterocycles. The van der Waals surface area contributed by atoms with Gasteiger partial charge in [0, 0.05) is 50.1 Å². The van der Waals surface area contributed by atoms with Crippen molar-refractivity contribution in [3.05, 3.63) is 57.3 Å². The minimum atomic E-state index is -0.0178. The number of aromatic amines is 1. The number of nitrogens with one attached hydrogen (secondary N) is 1. The van der Waals surface area contributed by atoms with E-state index in [0.29, 0.717) is 19.5 Å². The van der Waals surface area contributed by atoms with Gasteiger partial charge in [0.25, 0.3) is 5.56 Å². The summed E-state index contributed by atoms with van der Waals surface area (Å²) in [7, 11) is 1.67. The van der Waals surface area contributed by atoms with Crippen molar-refractivity contribution in [2.75, 3.05) is 26.7 Å². The van der Waals surface area contributed by atoms with Crippen molar-refractivity contribution >= 4 is 5.91 Å². The van der Waals surface area contributed by atoms with E-state index in [0.717, 1.165) is 55.3 Å². The fraction of sp³-hybridized carbons (Fsp3) is 0.542. The molecule has 0 aliphatic carbocycles. The minimum absolute atomic E-state index is 0.0178. The molecule has 0 unspecified atom stereocenters. The molecule has 2 aromatic rings. The molecule has 0 bridgehead atoms. The first kappa shape index (κ1) is 21.6. The highest BCUT2D eigenvalue weighted by Crippen LogP contribution is 2.27. The molecule has 0 spiro atoms. The maximum absolute atomic E-state index is 12.7. The van der Waals surface area contributed by atoms with Crippen LogP contribution in [0.1, 0.15) is 55.3 Å². The molecule has 1 saturated heterocycles. The molecule has 1 amide bonds. The molecule has 2 atom stereocenters. The first-order valence-corrected chi connectivity index (χ1v) is 11.2. The smallest absolute Gasteiger partial charge is 0.254 e. The van der Waals surface area contributed by atoms with Crippen LogP contribution in [-0.4, -0.2) is 52.4 Å². The minimum Gasteiger partial charge on any atom is -0.497 e. The summed E-state index contributed by atoms with van der Waals surface area (Å²) in [5, 5.41) is 0. The number of carbonyl (C=O) groups is 1. The van der Waals surface area contributed by atoms with Crippen molar-refractivity contribution in [1.82, 2.24) is 19.8 Å². The highest BCUT2D eigenvalue weighted by molar-refractivity contribution is 5.78. The van der Waals surface area contributed by atoms with Gasteiger partial charge in [0.05, 0.1) is 12.8 Å². The number of H-pyrrole nitrogens is 1. The van der Waals surface area contributed by atoms with Crippen LogP contribution in [0.2, 0.25) is 0 Å². The van der Waals surface area contributed by atoms with Crippen LogP contribution in [-0.2, 0) is 24.3 Å². The van der Waals surface area contributed by atoms with E-state index in [-0.39, 0.29) is 23.3 Å². The summed E-state index contributed by atoms with van der Waals surface area (Å²) < 4.78 is 5.24. The third-order valence-corrected chi connectivity index (χ3v) is 6.66. The van der Waals surface area contributed by atoms with Crippen LogP contribution in [0.5, 0.6) is 5.75 Å². The molecule has 0 radical (unpaired) electrons. The van der Waals surface area contributed by atoms with Crippen LogP contribution < -0.4 is 10.3 Å². The summed E-state index contributed by atoms with van der Waals surface area (Å²) in [6.07, 6.45) is 2.40. The Morgan fingerprint density at radius 1 is 1.29 bits per heavy atom. The van der Waals surface area contributed by atoms with Gasteiger partial charge >= 0.3 is 0 Å². The van der Waals surface area contributed by atoms with Gasteiger partial charge in [-0.2, -0.15) is 0 Å². The third-order valence-electron chi connectivity index (χ3n) is 6.66.